The van der Waals surface area contributed by atoms with Crippen molar-refractivity contribution in [3.63, 3.8) is 0 Å². The van der Waals surface area contributed by atoms with Gasteiger partial charge in [-0.15, -0.1) is 21.5 Å². The summed E-state index contributed by atoms with van der Waals surface area (Å²) in [6.45, 7) is 3.90. The molecule has 34 heavy (non-hydrogen) atoms. The van der Waals surface area contributed by atoms with Crippen molar-refractivity contribution >= 4 is 34.1 Å². The number of ether oxygens (including phenoxy) is 2. The molecule has 0 radical (unpaired) electrons. The number of thiazole rings is 1. The van der Waals surface area contributed by atoms with E-state index in [4.69, 9.17) is 9.47 Å². The molecule has 0 fully saturated rings. The normalized spacial score (nSPS) is 11.8. The lowest BCUT2D eigenvalue weighted by Crippen LogP contribution is -2.14. The molecule has 1 N–H and O–H groups in total. The molecule has 0 aliphatic heterocycles. The summed E-state index contributed by atoms with van der Waals surface area (Å²) < 4.78 is 13.2. The van der Waals surface area contributed by atoms with Gasteiger partial charge in [0.05, 0.1) is 18.6 Å². The fraction of sp³-hybridized carbons (Fsp3) is 0.250. The molecule has 10 heteroatoms. The Labute approximate surface area is 206 Å². The van der Waals surface area contributed by atoms with Crippen LogP contribution in [0.3, 0.4) is 0 Å². The summed E-state index contributed by atoms with van der Waals surface area (Å²) in [5, 5.41) is 12.6. The molecule has 2 aromatic heterocycles. The van der Waals surface area contributed by atoms with Crippen molar-refractivity contribution in [3.8, 4) is 22.8 Å². The van der Waals surface area contributed by atoms with Gasteiger partial charge in [-0.2, -0.15) is 0 Å². The maximum atomic E-state index is 12.5. The Bertz CT molecular complexity index is 1270. The van der Waals surface area contributed by atoms with Crippen molar-refractivity contribution in [2.45, 2.75) is 25.1 Å². The van der Waals surface area contributed by atoms with E-state index in [0.717, 1.165) is 16.1 Å². The molecule has 0 bridgehead atoms. The zero-order valence-electron chi connectivity index (χ0n) is 19.3. The number of amides is 1. The molecule has 0 aliphatic carbocycles. The minimum atomic E-state index is -0.355. The van der Waals surface area contributed by atoms with E-state index in [1.165, 1.54) is 23.1 Å². The van der Waals surface area contributed by atoms with Crippen LogP contribution in [0.5, 0.6) is 11.5 Å². The summed E-state index contributed by atoms with van der Waals surface area (Å²) in [4.78, 5) is 18.2. The Morgan fingerprint density at radius 2 is 1.82 bits per heavy atom. The van der Waals surface area contributed by atoms with E-state index in [2.05, 4.69) is 20.5 Å². The Morgan fingerprint density at radius 1 is 1.12 bits per heavy atom. The highest BCUT2D eigenvalue weighted by Gasteiger charge is 2.20. The van der Waals surface area contributed by atoms with Gasteiger partial charge in [-0.1, -0.05) is 54.2 Å². The first kappa shape index (κ1) is 23.8. The highest BCUT2D eigenvalue weighted by Crippen LogP contribution is 2.32. The average molecular weight is 496 g/mol. The average Bonchev–Trinajstić information content (AvgIpc) is 3.40. The maximum absolute atomic E-state index is 12.5. The summed E-state index contributed by atoms with van der Waals surface area (Å²) in [5.41, 5.74) is 1.91. The quantitative estimate of drug-likeness (QED) is 0.322. The predicted octanol–water partition coefficient (Wildman–Crippen LogP) is 5.13. The van der Waals surface area contributed by atoms with Gasteiger partial charge in [0.1, 0.15) is 0 Å². The number of methoxy groups -OCH3 is 1. The second-order valence-corrected chi connectivity index (χ2v) is 9.58. The number of nitrogens with zero attached hydrogens (tertiary/aromatic N) is 4. The van der Waals surface area contributed by atoms with Crippen LogP contribution in [0.2, 0.25) is 0 Å². The second kappa shape index (κ2) is 10.7. The number of thioether (sulfide) groups is 1. The fourth-order valence-electron chi connectivity index (χ4n) is 3.36. The second-order valence-electron chi connectivity index (χ2n) is 7.44. The molecular formula is C24H25N5O3S2. The van der Waals surface area contributed by atoms with Crippen molar-refractivity contribution in [2.75, 3.05) is 18.2 Å². The van der Waals surface area contributed by atoms with Crippen molar-refractivity contribution in [1.82, 2.24) is 19.7 Å². The highest BCUT2D eigenvalue weighted by molar-refractivity contribution is 7.99. The molecule has 176 valence electrons. The van der Waals surface area contributed by atoms with Crippen LogP contribution in [0.15, 0.2) is 59.8 Å². The molecule has 4 aromatic rings. The van der Waals surface area contributed by atoms with Gasteiger partial charge in [-0.05, 0) is 26.0 Å². The molecule has 2 heterocycles. The third-order valence-corrected chi connectivity index (χ3v) is 6.93. The Kier molecular flexibility index (Phi) is 7.49. The molecule has 0 saturated heterocycles. The largest absolute Gasteiger partial charge is 0.493 e. The molecule has 2 aromatic carbocycles. The van der Waals surface area contributed by atoms with E-state index in [-0.39, 0.29) is 17.8 Å². The van der Waals surface area contributed by atoms with E-state index in [1.807, 2.05) is 80.1 Å². The minimum absolute atomic E-state index is 0.152. The van der Waals surface area contributed by atoms with Gasteiger partial charge in [0.15, 0.2) is 33.7 Å². The Morgan fingerprint density at radius 3 is 2.56 bits per heavy atom. The molecule has 0 aliphatic rings. The van der Waals surface area contributed by atoms with Crippen LogP contribution in [-0.4, -0.2) is 38.5 Å². The predicted molar refractivity (Wildman–Crippen MR) is 135 cm³/mol. The van der Waals surface area contributed by atoms with Gasteiger partial charge in [-0.3, -0.25) is 4.79 Å². The lowest BCUT2D eigenvalue weighted by Gasteiger charge is -2.16. The van der Waals surface area contributed by atoms with Crippen LogP contribution in [0, 0.1) is 6.92 Å². The van der Waals surface area contributed by atoms with Crippen LogP contribution in [0.4, 0.5) is 5.13 Å². The molecule has 0 saturated carbocycles. The number of hydrogen-bond donors (Lipinski definition) is 1. The van der Waals surface area contributed by atoms with Crippen molar-refractivity contribution < 1.29 is 14.3 Å². The first-order valence-electron chi connectivity index (χ1n) is 10.6. The lowest BCUT2D eigenvalue weighted by atomic mass is 10.1. The number of aromatic nitrogens is 4. The molecule has 1 unspecified atom stereocenters. The van der Waals surface area contributed by atoms with Crippen LogP contribution in [0.1, 0.15) is 23.7 Å². The number of rotatable bonds is 9. The zero-order valence-corrected chi connectivity index (χ0v) is 20.9. The standard InChI is InChI=1S/C24H25N5O3S2/c1-15(32-19-13-9-8-12-18(19)31-4)22-27-28-24(29(22)3)33-14-20(30)25-23-26-21(16(2)34-23)17-10-6-5-7-11-17/h5-13,15H,14H2,1-4H3,(H,25,26,30). The topological polar surface area (TPSA) is 91.2 Å². The van der Waals surface area contributed by atoms with Crippen LogP contribution in [0.25, 0.3) is 11.3 Å². The van der Waals surface area contributed by atoms with Crippen molar-refractivity contribution in [3.05, 3.63) is 65.3 Å². The molecule has 8 nitrogen and oxygen atoms in total. The van der Waals surface area contributed by atoms with Gasteiger partial charge < -0.3 is 19.4 Å². The third-order valence-electron chi connectivity index (χ3n) is 5.03. The van der Waals surface area contributed by atoms with Gasteiger partial charge in [0.2, 0.25) is 5.91 Å². The number of anilines is 1. The number of carbonyl (C=O) groups excluding carboxylic acids is 1. The number of nitrogens with one attached hydrogen (secondary N) is 1. The maximum Gasteiger partial charge on any atom is 0.236 e. The van der Waals surface area contributed by atoms with E-state index in [1.54, 1.807) is 7.11 Å². The van der Waals surface area contributed by atoms with Crippen molar-refractivity contribution in [2.24, 2.45) is 7.05 Å². The molecule has 4 rings (SSSR count). The number of carbonyl (C=O) groups is 1. The zero-order chi connectivity index (χ0) is 24.1. The molecule has 0 spiro atoms. The minimum Gasteiger partial charge on any atom is -0.493 e. The van der Waals surface area contributed by atoms with Gasteiger partial charge >= 0.3 is 0 Å². The molecular weight excluding hydrogens is 470 g/mol. The van der Waals surface area contributed by atoms with E-state index in [0.29, 0.717) is 27.6 Å². The monoisotopic (exact) mass is 495 g/mol. The third kappa shape index (κ3) is 5.40. The number of para-hydroxylation sites is 2. The number of aryl methyl sites for hydroxylation is 1. The van der Waals surface area contributed by atoms with E-state index < -0.39 is 0 Å². The van der Waals surface area contributed by atoms with E-state index >= 15 is 0 Å². The van der Waals surface area contributed by atoms with Gasteiger partial charge in [-0.25, -0.2) is 4.98 Å². The number of hydrogen-bond acceptors (Lipinski definition) is 8. The summed E-state index contributed by atoms with van der Waals surface area (Å²) >= 11 is 2.77. The van der Waals surface area contributed by atoms with Crippen LogP contribution < -0.4 is 14.8 Å². The van der Waals surface area contributed by atoms with E-state index in [9.17, 15) is 4.79 Å². The summed E-state index contributed by atoms with van der Waals surface area (Å²) in [5.74, 6) is 1.96. The first-order valence-corrected chi connectivity index (χ1v) is 12.4. The first-order chi connectivity index (χ1) is 16.5. The van der Waals surface area contributed by atoms with Crippen LogP contribution >= 0.6 is 23.1 Å². The lowest BCUT2D eigenvalue weighted by molar-refractivity contribution is -0.113. The highest BCUT2D eigenvalue weighted by atomic mass is 32.2. The summed E-state index contributed by atoms with van der Waals surface area (Å²) in [7, 11) is 3.46. The fourth-order valence-corrected chi connectivity index (χ4v) is 4.93. The summed E-state index contributed by atoms with van der Waals surface area (Å²) in [6.07, 6.45) is -0.355. The summed E-state index contributed by atoms with van der Waals surface area (Å²) in [6, 6.07) is 17.4. The Hall–Kier alpha value is -3.37. The smallest absolute Gasteiger partial charge is 0.236 e. The Balaban J connectivity index is 1.36. The molecule has 1 atom stereocenters. The van der Waals surface area contributed by atoms with Gasteiger partial charge in [0.25, 0.3) is 0 Å². The SMILES string of the molecule is COc1ccccc1OC(C)c1nnc(SCC(=O)Nc2nc(-c3ccccc3)c(C)s2)n1C. The van der Waals surface area contributed by atoms with Crippen LogP contribution in [-0.2, 0) is 11.8 Å². The number of benzene rings is 2. The van der Waals surface area contributed by atoms with Gasteiger partial charge in [0, 0.05) is 17.5 Å². The van der Waals surface area contributed by atoms with Crippen molar-refractivity contribution in [1.29, 1.82) is 0 Å². The molecule has 1 amide bonds.